The smallest absolute Gasteiger partial charge is 0.264 e. The molecule has 0 aliphatic carbocycles. The average Bonchev–Trinajstić information content (AvgIpc) is 2.90. The Morgan fingerprint density at radius 1 is 1.03 bits per heavy atom. The third-order valence-corrected chi connectivity index (χ3v) is 8.61. The summed E-state index contributed by atoms with van der Waals surface area (Å²) < 4.78 is 42.7. The first kappa shape index (κ1) is 27.1. The summed E-state index contributed by atoms with van der Waals surface area (Å²) in [5.41, 5.74) is 2.04. The van der Waals surface area contributed by atoms with E-state index in [2.05, 4.69) is 14.6 Å². The van der Waals surface area contributed by atoms with Gasteiger partial charge in [-0.05, 0) is 67.9 Å². The van der Waals surface area contributed by atoms with Gasteiger partial charge in [-0.15, -0.1) is 0 Å². The van der Waals surface area contributed by atoms with Crippen LogP contribution >= 0.6 is 11.6 Å². The monoisotopic (exact) mass is 566 g/mol. The van der Waals surface area contributed by atoms with Crippen molar-refractivity contribution in [1.82, 2.24) is 14.8 Å². The van der Waals surface area contributed by atoms with Gasteiger partial charge in [-0.1, -0.05) is 35.9 Å². The van der Waals surface area contributed by atoms with Crippen LogP contribution in [0.15, 0.2) is 83.9 Å². The molecule has 0 radical (unpaired) electrons. The Morgan fingerprint density at radius 3 is 2.41 bits per heavy atom. The second kappa shape index (κ2) is 10.9. The van der Waals surface area contributed by atoms with Gasteiger partial charge in [-0.2, -0.15) is 0 Å². The molecule has 0 spiro atoms. The standard InChI is InChI=1S/C29H28ClFN4O3S/c1-19-16-34(18-21-8-13-25(30)26(31)15-21)17-20(2)35(19)29(36)23-9-11-24(12-10-23)33-39(37,38)27-7-3-5-22-6-4-14-32-28(22)27/h3-15,19-20,33H,16-18H2,1-2H3. The van der Waals surface area contributed by atoms with Crippen molar-refractivity contribution in [3.63, 3.8) is 0 Å². The molecule has 2 unspecified atom stereocenters. The van der Waals surface area contributed by atoms with Gasteiger partial charge in [0, 0.05) is 54.6 Å². The SMILES string of the molecule is CC1CN(Cc2ccc(Cl)c(F)c2)CC(C)N1C(=O)c1ccc(NS(=O)(=O)c2cccc3cccnc23)cc1. The third-order valence-electron chi connectivity index (χ3n) is 6.89. The van der Waals surface area contributed by atoms with Gasteiger partial charge in [0.25, 0.3) is 15.9 Å². The molecule has 1 N–H and O–H groups in total. The lowest BCUT2D eigenvalue weighted by molar-refractivity contribution is 0.0268. The first-order chi connectivity index (χ1) is 18.6. The zero-order valence-electron chi connectivity index (χ0n) is 21.5. The summed E-state index contributed by atoms with van der Waals surface area (Å²) in [6.45, 7) is 5.81. The number of fused-ring (bicyclic) bond motifs is 1. The molecule has 1 aliphatic heterocycles. The zero-order chi connectivity index (χ0) is 27.7. The van der Waals surface area contributed by atoms with E-state index in [-0.39, 0.29) is 27.9 Å². The number of halogens is 2. The number of rotatable bonds is 6. The fourth-order valence-electron chi connectivity index (χ4n) is 5.19. The van der Waals surface area contributed by atoms with Crippen LogP contribution in [-0.2, 0) is 16.6 Å². The number of pyridine rings is 1. The van der Waals surface area contributed by atoms with E-state index in [4.69, 9.17) is 11.6 Å². The summed E-state index contributed by atoms with van der Waals surface area (Å²) in [5, 5.41) is 0.824. The van der Waals surface area contributed by atoms with Crippen LogP contribution in [-0.4, -0.2) is 54.3 Å². The molecule has 1 amide bonds. The van der Waals surface area contributed by atoms with Gasteiger partial charge < -0.3 is 4.90 Å². The molecule has 2 heterocycles. The van der Waals surface area contributed by atoms with Crippen molar-refractivity contribution in [3.05, 3.63) is 101 Å². The number of benzene rings is 3. The van der Waals surface area contributed by atoms with Gasteiger partial charge in [0.05, 0.1) is 10.5 Å². The second-order valence-electron chi connectivity index (χ2n) is 9.87. The second-order valence-corrected chi connectivity index (χ2v) is 11.9. The number of sulfonamides is 1. The quantitative estimate of drug-likeness (QED) is 0.330. The van der Waals surface area contributed by atoms with Crippen molar-refractivity contribution in [3.8, 4) is 0 Å². The van der Waals surface area contributed by atoms with Crippen molar-refractivity contribution in [1.29, 1.82) is 0 Å². The Labute approximate surface area is 232 Å². The summed E-state index contributed by atoms with van der Waals surface area (Å²) in [7, 11) is -3.89. The molecule has 1 aromatic heterocycles. The Kier molecular flexibility index (Phi) is 7.57. The molecule has 7 nitrogen and oxygen atoms in total. The lowest BCUT2D eigenvalue weighted by Gasteiger charge is -2.44. The lowest BCUT2D eigenvalue weighted by Crippen LogP contribution is -2.58. The van der Waals surface area contributed by atoms with Crippen molar-refractivity contribution in [2.45, 2.75) is 37.4 Å². The van der Waals surface area contributed by atoms with Gasteiger partial charge in [0.15, 0.2) is 0 Å². The third kappa shape index (κ3) is 5.75. The maximum atomic E-state index is 13.9. The van der Waals surface area contributed by atoms with E-state index < -0.39 is 15.8 Å². The number of anilines is 1. The van der Waals surface area contributed by atoms with Crippen LogP contribution < -0.4 is 4.72 Å². The topological polar surface area (TPSA) is 82.6 Å². The van der Waals surface area contributed by atoms with Gasteiger partial charge in [0.1, 0.15) is 10.7 Å². The maximum absolute atomic E-state index is 13.9. The van der Waals surface area contributed by atoms with E-state index in [1.54, 1.807) is 60.8 Å². The number of carbonyl (C=O) groups is 1. The van der Waals surface area contributed by atoms with Gasteiger partial charge in [-0.3, -0.25) is 19.4 Å². The number of hydrogen-bond donors (Lipinski definition) is 1. The predicted molar refractivity (Wildman–Crippen MR) is 151 cm³/mol. The molecule has 39 heavy (non-hydrogen) atoms. The summed E-state index contributed by atoms with van der Waals surface area (Å²) in [4.78, 5) is 21.8. The number of nitrogens with zero attached hydrogens (tertiary/aromatic N) is 3. The molecule has 1 saturated heterocycles. The Balaban J connectivity index is 1.27. The number of nitrogens with one attached hydrogen (secondary N) is 1. The van der Waals surface area contributed by atoms with Crippen LogP contribution in [0.3, 0.4) is 0 Å². The summed E-state index contributed by atoms with van der Waals surface area (Å²) in [5.74, 6) is -0.566. The molecule has 1 fully saturated rings. The number of carbonyl (C=O) groups excluding carboxylic acids is 1. The number of amides is 1. The Hall–Kier alpha value is -3.53. The normalized spacial score (nSPS) is 18.3. The van der Waals surface area contributed by atoms with E-state index in [0.717, 1.165) is 10.9 Å². The lowest BCUT2D eigenvalue weighted by atomic mass is 10.0. The molecule has 2 atom stereocenters. The number of piperazine rings is 1. The summed E-state index contributed by atoms with van der Waals surface area (Å²) >= 11 is 5.80. The van der Waals surface area contributed by atoms with E-state index in [1.165, 1.54) is 12.1 Å². The molecule has 10 heteroatoms. The first-order valence-electron chi connectivity index (χ1n) is 12.6. The van der Waals surface area contributed by atoms with Crippen molar-refractivity contribution in [2.24, 2.45) is 0 Å². The van der Waals surface area contributed by atoms with Crippen LogP contribution in [0.5, 0.6) is 0 Å². The zero-order valence-corrected chi connectivity index (χ0v) is 23.1. The molecule has 3 aromatic carbocycles. The number of aromatic nitrogens is 1. The van der Waals surface area contributed by atoms with E-state index >= 15 is 0 Å². The maximum Gasteiger partial charge on any atom is 0.264 e. The van der Waals surface area contributed by atoms with Crippen molar-refractivity contribution < 1.29 is 17.6 Å². The van der Waals surface area contributed by atoms with Crippen LogP contribution in [0.25, 0.3) is 10.9 Å². The minimum atomic E-state index is -3.89. The molecule has 202 valence electrons. The van der Waals surface area contributed by atoms with E-state index in [1.807, 2.05) is 24.8 Å². The minimum Gasteiger partial charge on any atom is -0.331 e. The van der Waals surface area contributed by atoms with Gasteiger partial charge in [-0.25, -0.2) is 12.8 Å². The van der Waals surface area contributed by atoms with Crippen LogP contribution in [0.4, 0.5) is 10.1 Å². The van der Waals surface area contributed by atoms with E-state index in [9.17, 15) is 17.6 Å². The molecule has 0 bridgehead atoms. The summed E-state index contributed by atoms with van der Waals surface area (Å²) in [6, 6.07) is 19.7. The Bertz CT molecular complexity index is 1610. The largest absolute Gasteiger partial charge is 0.331 e. The van der Waals surface area contributed by atoms with E-state index in [0.29, 0.717) is 36.4 Å². The van der Waals surface area contributed by atoms with Gasteiger partial charge in [0.2, 0.25) is 0 Å². The highest BCUT2D eigenvalue weighted by Crippen LogP contribution is 2.25. The van der Waals surface area contributed by atoms with Crippen molar-refractivity contribution >= 4 is 44.1 Å². The van der Waals surface area contributed by atoms with Crippen LogP contribution in [0.2, 0.25) is 5.02 Å². The van der Waals surface area contributed by atoms with Crippen molar-refractivity contribution in [2.75, 3.05) is 17.8 Å². The number of hydrogen-bond acceptors (Lipinski definition) is 5. The van der Waals surface area contributed by atoms with Gasteiger partial charge >= 0.3 is 0 Å². The fraction of sp³-hybridized carbons (Fsp3) is 0.241. The fourth-order valence-corrected chi connectivity index (χ4v) is 6.55. The highest BCUT2D eigenvalue weighted by Gasteiger charge is 2.33. The Morgan fingerprint density at radius 2 is 1.72 bits per heavy atom. The number of para-hydroxylation sites is 1. The predicted octanol–water partition coefficient (Wildman–Crippen LogP) is 5.56. The highest BCUT2D eigenvalue weighted by atomic mass is 35.5. The molecule has 4 aromatic rings. The summed E-state index contributed by atoms with van der Waals surface area (Å²) in [6.07, 6.45) is 1.56. The highest BCUT2D eigenvalue weighted by molar-refractivity contribution is 7.93. The first-order valence-corrected chi connectivity index (χ1v) is 14.4. The molecular formula is C29H28ClFN4O3S. The molecule has 1 aliphatic rings. The molecular weight excluding hydrogens is 539 g/mol. The molecule has 5 rings (SSSR count). The van der Waals surface area contributed by atoms with Crippen LogP contribution in [0, 0.1) is 5.82 Å². The average molecular weight is 567 g/mol. The molecule has 0 saturated carbocycles. The van der Waals surface area contributed by atoms with Crippen LogP contribution in [0.1, 0.15) is 29.8 Å². The minimum absolute atomic E-state index is 0.0737.